The average molecular weight is 412 g/mol. The molecule has 2 unspecified atom stereocenters. The molecule has 8 nitrogen and oxygen atoms in total. The highest BCUT2D eigenvalue weighted by molar-refractivity contribution is 7.14. The van der Waals surface area contributed by atoms with Crippen LogP contribution in [0.15, 0.2) is 35.3 Å². The van der Waals surface area contributed by atoms with Gasteiger partial charge >= 0.3 is 0 Å². The van der Waals surface area contributed by atoms with E-state index in [9.17, 15) is 19.2 Å². The lowest BCUT2D eigenvalue weighted by atomic mass is 9.54. The molecule has 2 bridgehead atoms. The second kappa shape index (κ2) is 5.42. The molecule has 0 spiro atoms. The normalized spacial score (nSPS) is 35.9. The fraction of sp³-hybridized carbons (Fsp3) is 0.333. The van der Waals surface area contributed by atoms with Crippen LogP contribution in [-0.4, -0.2) is 33.6 Å². The molecular weight excluding hydrogens is 400 g/mol. The Bertz CT molecular complexity index is 935. The molecule has 3 aliphatic carbocycles. The zero-order valence-electron chi connectivity index (χ0n) is 14.2. The van der Waals surface area contributed by atoms with Gasteiger partial charge in [0.1, 0.15) is 0 Å². The third kappa shape index (κ3) is 1.79. The Balaban J connectivity index is 1.44. The standard InChI is InChI=1S/C18H12N4O4S2/c23-13-9-7-1-2-8(11(9)15(25)21(13)17-19-3-5-27-17)12-10(7)14(24)22(16(12)26)18-20-4-6-28-18/h1-12H/t7?,8?,9-,10+,11-,12+. The van der Waals surface area contributed by atoms with Crippen molar-refractivity contribution in [3.8, 4) is 0 Å². The lowest BCUT2D eigenvalue weighted by molar-refractivity contribution is -0.137. The van der Waals surface area contributed by atoms with E-state index in [0.717, 1.165) is 9.80 Å². The number of carbonyl (C=O) groups excluding carboxylic acids is 4. The maximum atomic E-state index is 13.1. The van der Waals surface area contributed by atoms with Crippen molar-refractivity contribution in [3.05, 3.63) is 35.3 Å². The molecular formula is C18H12N4O4S2. The Morgan fingerprint density at radius 1 is 0.643 bits per heavy atom. The molecule has 4 heterocycles. The summed E-state index contributed by atoms with van der Waals surface area (Å²) in [5.41, 5.74) is 0. The highest BCUT2D eigenvalue weighted by atomic mass is 32.1. The summed E-state index contributed by atoms with van der Waals surface area (Å²) >= 11 is 2.44. The van der Waals surface area contributed by atoms with Crippen molar-refractivity contribution in [2.45, 2.75) is 0 Å². The molecule has 2 aromatic rings. The molecule has 4 amide bonds. The molecule has 28 heavy (non-hydrogen) atoms. The van der Waals surface area contributed by atoms with Crippen LogP contribution in [0.3, 0.4) is 0 Å². The molecule has 3 fully saturated rings. The van der Waals surface area contributed by atoms with Gasteiger partial charge < -0.3 is 0 Å². The molecule has 0 aromatic carbocycles. The van der Waals surface area contributed by atoms with Crippen LogP contribution in [-0.2, 0) is 19.2 Å². The van der Waals surface area contributed by atoms with Gasteiger partial charge in [0, 0.05) is 35.0 Å². The minimum atomic E-state index is -0.624. The molecule has 140 valence electrons. The van der Waals surface area contributed by atoms with Gasteiger partial charge in [0.2, 0.25) is 23.6 Å². The fourth-order valence-electron chi connectivity index (χ4n) is 5.26. The van der Waals surface area contributed by atoms with Crippen LogP contribution in [0.4, 0.5) is 10.3 Å². The maximum absolute atomic E-state index is 13.1. The number of amides is 4. The summed E-state index contributed by atoms with van der Waals surface area (Å²) in [6.07, 6.45) is 6.78. The molecule has 2 saturated heterocycles. The van der Waals surface area contributed by atoms with E-state index in [1.54, 1.807) is 23.2 Å². The summed E-state index contributed by atoms with van der Waals surface area (Å²) in [4.78, 5) is 63.1. The SMILES string of the molecule is O=C1[C@@H]2C3C=CC([C@H]2C(=O)N1c1nccs1)[C@@H]1C(=O)N(c2nccs2)C(=O)[C@@H]31. The Hall–Kier alpha value is -2.72. The summed E-state index contributed by atoms with van der Waals surface area (Å²) in [6.45, 7) is 0. The molecule has 5 aliphatic rings. The summed E-state index contributed by atoms with van der Waals surface area (Å²) < 4.78 is 0. The number of aromatic nitrogens is 2. The van der Waals surface area contributed by atoms with E-state index in [0.29, 0.717) is 10.3 Å². The van der Waals surface area contributed by atoms with Gasteiger partial charge in [0.15, 0.2) is 10.3 Å². The largest absolute Gasteiger partial charge is 0.274 e. The molecule has 10 heteroatoms. The van der Waals surface area contributed by atoms with Gasteiger partial charge in [0.05, 0.1) is 23.7 Å². The van der Waals surface area contributed by atoms with E-state index in [2.05, 4.69) is 9.97 Å². The number of carbonyl (C=O) groups is 4. The lowest BCUT2D eigenvalue weighted by Crippen LogP contribution is -2.50. The minimum Gasteiger partial charge on any atom is -0.274 e. The monoisotopic (exact) mass is 412 g/mol. The van der Waals surface area contributed by atoms with Crippen molar-refractivity contribution >= 4 is 56.6 Å². The Morgan fingerprint density at radius 2 is 1.00 bits per heavy atom. The van der Waals surface area contributed by atoms with Crippen molar-refractivity contribution in [1.29, 1.82) is 0 Å². The first-order chi connectivity index (χ1) is 13.6. The predicted octanol–water partition coefficient (Wildman–Crippen LogP) is 1.33. The molecule has 1 saturated carbocycles. The number of hydrogen-bond donors (Lipinski definition) is 0. The van der Waals surface area contributed by atoms with Gasteiger partial charge in [-0.25, -0.2) is 19.8 Å². The Morgan fingerprint density at radius 3 is 1.29 bits per heavy atom. The zero-order chi connectivity index (χ0) is 19.2. The van der Waals surface area contributed by atoms with Crippen LogP contribution in [0, 0.1) is 35.5 Å². The maximum Gasteiger partial charge on any atom is 0.240 e. The van der Waals surface area contributed by atoms with Crippen LogP contribution in [0.2, 0.25) is 0 Å². The average Bonchev–Trinajstić information content (AvgIpc) is 3.46. The van der Waals surface area contributed by atoms with Gasteiger partial charge in [-0.2, -0.15) is 0 Å². The van der Waals surface area contributed by atoms with Crippen molar-refractivity contribution in [2.24, 2.45) is 35.5 Å². The predicted molar refractivity (Wildman–Crippen MR) is 99.3 cm³/mol. The van der Waals surface area contributed by atoms with Gasteiger partial charge in [-0.15, -0.1) is 22.7 Å². The summed E-state index contributed by atoms with van der Waals surface area (Å²) in [5, 5.41) is 4.10. The van der Waals surface area contributed by atoms with E-state index in [4.69, 9.17) is 0 Å². The Labute approximate surface area is 166 Å². The number of rotatable bonds is 2. The number of nitrogens with zero attached hydrogens (tertiary/aromatic N) is 4. The number of anilines is 2. The first-order valence-corrected chi connectivity index (χ1v) is 10.6. The van der Waals surface area contributed by atoms with Crippen molar-refractivity contribution in [1.82, 2.24) is 9.97 Å². The van der Waals surface area contributed by atoms with Gasteiger partial charge in [0.25, 0.3) is 0 Å². The van der Waals surface area contributed by atoms with E-state index in [1.807, 2.05) is 12.2 Å². The van der Waals surface area contributed by atoms with Crippen LogP contribution in [0.25, 0.3) is 0 Å². The van der Waals surface area contributed by atoms with Crippen LogP contribution in [0.1, 0.15) is 0 Å². The Kier molecular flexibility index (Phi) is 3.15. The molecule has 2 aliphatic heterocycles. The quantitative estimate of drug-likeness (QED) is 0.545. The van der Waals surface area contributed by atoms with E-state index < -0.39 is 35.5 Å². The van der Waals surface area contributed by atoms with Gasteiger partial charge in [-0.3, -0.25) is 19.2 Å². The number of hydrogen-bond acceptors (Lipinski definition) is 8. The van der Waals surface area contributed by atoms with E-state index in [-0.39, 0.29) is 23.6 Å². The minimum absolute atomic E-state index is 0.323. The smallest absolute Gasteiger partial charge is 0.240 e. The van der Waals surface area contributed by atoms with Crippen LogP contribution >= 0.6 is 22.7 Å². The summed E-state index contributed by atoms with van der Waals surface area (Å²) in [5.74, 6) is -4.73. The van der Waals surface area contributed by atoms with Crippen molar-refractivity contribution < 1.29 is 19.2 Å². The number of allylic oxidation sites excluding steroid dienone is 2. The summed E-state index contributed by atoms with van der Waals surface area (Å²) in [6, 6.07) is 0. The van der Waals surface area contributed by atoms with Crippen LogP contribution in [0.5, 0.6) is 0 Å². The highest BCUT2D eigenvalue weighted by Gasteiger charge is 2.69. The molecule has 6 atom stereocenters. The molecule has 0 N–H and O–H groups in total. The van der Waals surface area contributed by atoms with Gasteiger partial charge in [-0.05, 0) is 0 Å². The number of imide groups is 2. The second-order valence-corrected chi connectivity index (χ2v) is 9.04. The molecule has 0 radical (unpaired) electrons. The third-order valence-corrected chi connectivity index (χ3v) is 7.74. The fourth-order valence-corrected chi connectivity index (χ4v) is 6.56. The second-order valence-electron chi connectivity index (χ2n) is 7.30. The summed E-state index contributed by atoms with van der Waals surface area (Å²) in [7, 11) is 0. The number of thiazole rings is 2. The first-order valence-electron chi connectivity index (χ1n) is 8.82. The van der Waals surface area contributed by atoms with Crippen molar-refractivity contribution in [2.75, 3.05) is 9.80 Å². The third-order valence-electron chi connectivity index (χ3n) is 6.23. The lowest BCUT2D eigenvalue weighted by Gasteiger charge is -2.44. The molecule has 2 aromatic heterocycles. The van der Waals surface area contributed by atoms with E-state index in [1.165, 1.54) is 22.7 Å². The van der Waals surface area contributed by atoms with Crippen LogP contribution < -0.4 is 9.80 Å². The zero-order valence-corrected chi connectivity index (χ0v) is 15.8. The topological polar surface area (TPSA) is 101 Å². The van der Waals surface area contributed by atoms with Gasteiger partial charge in [-0.1, -0.05) is 12.2 Å². The highest BCUT2D eigenvalue weighted by Crippen LogP contribution is 2.58. The van der Waals surface area contributed by atoms with E-state index >= 15 is 0 Å². The van der Waals surface area contributed by atoms with Crippen molar-refractivity contribution in [3.63, 3.8) is 0 Å². The first kappa shape index (κ1) is 16.3. The molecule has 7 rings (SSSR count).